The van der Waals surface area contributed by atoms with E-state index >= 15 is 0 Å². The first-order chi connectivity index (χ1) is 5.77. The second-order valence-corrected chi connectivity index (χ2v) is 2.97. The maximum absolute atomic E-state index is 9.40. The molecule has 0 aromatic heterocycles. The molecule has 2 rings (SSSR count). The van der Waals surface area contributed by atoms with Crippen LogP contribution in [0.2, 0.25) is 0 Å². The summed E-state index contributed by atoms with van der Waals surface area (Å²) in [5.74, 6) is 0. The highest BCUT2D eigenvalue weighted by molar-refractivity contribution is 6.66. The van der Waals surface area contributed by atoms with Crippen LogP contribution in [-0.4, -0.2) is 16.9 Å². The quantitative estimate of drug-likeness (QED) is 0.668. The van der Waals surface area contributed by atoms with Gasteiger partial charge in [-0.25, -0.2) is 10.1 Å². The second kappa shape index (κ2) is 2.77. The van der Waals surface area contributed by atoms with E-state index in [-0.39, 0.29) is 6.54 Å². The fourth-order valence-corrected chi connectivity index (χ4v) is 1.36. The molecule has 1 heterocycles. The molecular formula is C8H7ClN2O. The Kier molecular flexibility index (Phi) is 1.75. The van der Waals surface area contributed by atoms with Crippen LogP contribution < -0.4 is 5.06 Å². The van der Waals surface area contributed by atoms with Crippen LogP contribution in [0.5, 0.6) is 0 Å². The number of rotatable bonds is 0. The standard InChI is InChI=1S/C8H7ClN2O/c9-8-5-11(12)7-4-2-1-3-6(7)10-8/h1-4,12H,5H2. The summed E-state index contributed by atoms with van der Waals surface area (Å²) in [6.07, 6.45) is 0. The third kappa shape index (κ3) is 1.17. The van der Waals surface area contributed by atoms with Crippen molar-refractivity contribution in [2.24, 2.45) is 4.99 Å². The van der Waals surface area contributed by atoms with Crippen molar-refractivity contribution in [3.8, 4) is 0 Å². The number of aliphatic imine (C=N–C) groups is 1. The molecule has 0 spiro atoms. The van der Waals surface area contributed by atoms with E-state index in [0.29, 0.717) is 16.5 Å². The van der Waals surface area contributed by atoms with Gasteiger partial charge in [-0.05, 0) is 12.1 Å². The number of para-hydroxylation sites is 2. The molecule has 0 saturated heterocycles. The lowest BCUT2D eigenvalue weighted by Gasteiger charge is -2.21. The number of anilines is 1. The number of hydrogen-bond donors (Lipinski definition) is 1. The monoisotopic (exact) mass is 182 g/mol. The number of benzene rings is 1. The Morgan fingerprint density at radius 2 is 2.17 bits per heavy atom. The Labute approximate surface area is 74.9 Å². The summed E-state index contributed by atoms with van der Waals surface area (Å²) >= 11 is 5.69. The van der Waals surface area contributed by atoms with Crippen LogP contribution in [0, 0.1) is 0 Å². The molecule has 1 aromatic rings. The summed E-state index contributed by atoms with van der Waals surface area (Å²) in [5.41, 5.74) is 1.40. The molecule has 12 heavy (non-hydrogen) atoms. The minimum atomic E-state index is 0.262. The molecule has 0 amide bonds. The molecular weight excluding hydrogens is 176 g/mol. The summed E-state index contributed by atoms with van der Waals surface area (Å²) in [7, 11) is 0. The minimum Gasteiger partial charge on any atom is -0.288 e. The summed E-state index contributed by atoms with van der Waals surface area (Å²) in [6, 6.07) is 7.30. The molecule has 1 aromatic carbocycles. The van der Waals surface area contributed by atoms with Crippen molar-refractivity contribution < 1.29 is 5.21 Å². The van der Waals surface area contributed by atoms with Gasteiger partial charge in [-0.15, -0.1) is 0 Å². The Morgan fingerprint density at radius 3 is 3.00 bits per heavy atom. The Hall–Kier alpha value is -1.06. The van der Waals surface area contributed by atoms with Crippen LogP contribution in [0.15, 0.2) is 29.3 Å². The van der Waals surface area contributed by atoms with Gasteiger partial charge in [0.1, 0.15) is 5.17 Å². The Bertz CT molecular complexity index is 338. The summed E-state index contributed by atoms with van der Waals surface area (Å²) in [4.78, 5) is 4.08. The Balaban J connectivity index is 2.55. The van der Waals surface area contributed by atoms with Crippen molar-refractivity contribution in [3.63, 3.8) is 0 Å². The molecule has 3 nitrogen and oxygen atoms in total. The lowest BCUT2D eigenvalue weighted by atomic mass is 10.2. The topological polar surface area (TPSA) is 35.8 Å². The van der Waals surface area contributed by atoms with E-state index in [2.05, 4.69) is 4.99 Å². The van der Waals surface area contributed by atoms with E-state index in [0.717, 1.165) is 5.06 Å². The van der Waals surface area contributed by atoms with E-state index in [1.165, 1.54) is 0 Å². The molecule has 0 bridgehead atoms. The van der Waals surface area contributed by atoms with Gasteiger partial charge in [0.2, 0.25) is 0 Å². The van der Waals surface area contributed by atoms with Crippen molar-refractivity contribution in [2.75, 3.05) is 11.6 Å². The number of fused-ring (bicyclic) bond motifs is 1. The Morgan fingerprint density at radius 1 is 1.42 bits per heavy atom. The van der Waals surface area contributed by atoms with E-state index in [1.807, 2.05) is 12.1 Å². The summed E-state index contributed by atoms with van der Waals surface area (Å²) < 4.78 is 0. The lowest BCUT2D eigenvalue weighted by Crippen LogP contribution is -2.26. The third-order valence-electron chi connectivity index (χ3n) is 1.68. The van der Waals surface area contributed by atoms with Gasteiger partial charge in [-0.2, -0.15) is 0 Å². The van der Waals surface area contributed by atoms with Gasteiger partial charge in [0.05, 0.1) is 17.9 Å². The maximum atomic E-state index is 9.40. The predicted molar refractivity (Wildman–Crippen MR) is 48.5 cm³/mol. The minimum absolute atomic E-state index is 0.262. The zero-order valence-corrected chi connectivity index (χ0v) is 6.99. The molecule has 1 aliphatic rings. The second-order valence-electron chi connectivity index (χ2n) is 2.53. The number of halogens is 1. The maximum Gasteiger partial charge on any atom is 0.128 e. The van der Waals surface area contributed by atoms with Gasteiger partial charge >= 0.3 is 0 Å². The van der Waals surface area contributed by atoms with Crippen LogP contribution >= 0.6 is 11.6 Å². The van der Waals surface area contributed by atoms with Crippen molar-refractivity contribution in [3.05, 3.63) is 24.3 Å². The fraction of sp³-hybridized carbons (Fsp3) is 0.125. The van der Waals surface area contributed by atoms with E-state index < -0.39 is 0 Å². The first-order valence-corrected chi connectivity index (χ1v) is 3.93. The summed E-state index contributed by atoms with van der Waals surface area (Å²) in [6.45, 7) is 0.262. The zero-order chi connectivity index (χ0) is 8.55. The van der Waals surface area contributed by atoms with E-state index in [4.69, 9.17) is 11.6 Å². The van der Waals surface area contributed by atoms with Crippen molar-refractivity contribution in [1.29, 1.82) is 0 Å². The molecule has 4 heteroatoms. The summed E-state index contributed by atoms with van der Waals surface area (Å²) in [5, 5.41) is 10.9. The third-order valence-corrected chi connectivity index (χ3v) is 1.89. The normalized spacial score (nSPS) is 15.5. The van der Waals surface area contributed by atoms with Gasteiger partial charge < -0.3 is 0 Å². The zero-order valence-electron chi connectivity index (χ0n) is 6.24. The van der Waals surface area contributed by atoms with E-state index in [1.54, 1.807) is 12.1 Å². The molecule has 0 fully saturated rings. The molecule has 0 saturated carbocycles. The molecule has 0 unspecified atom stereocenters. The van der Waals surface area contributed by atoms with Gasteiger partial charge in [0.15, 0.2) is 0 Å². The average molecular weight is 183 g/mol. The van der Waals surface area contributed by atoms with Gasteiger partial charge in [0, 0.05) is 0 Å². The molecule has 1 aliphatic heterocycles. The SMILES string of the molecule is ON1CC(Cl)=Nc2ccccc21. The molecule has 0 atom stereocenters. The molecule has 0 radical (unpaired) electrons. The highest BCUT2D eigenvalue weighted by atomic mass is 35.5. The lowest BCUT2D eigenvalue weighted by molar-refractivity contribution is 0.269. The predicted octanol–water partition coefficient (Wildman–Crippen LogP) is 2.16. The molecule has 62 valence electrons. The van der Waals surface area contributed by atoms with Gasteiger partial charge in [0.25, 0.3) is 0 Å². The van der Waals surface area contributed by atoms with Crippen LogP contribution in [0.3, 0.4) is 0 Å². The molecule has 0 aliphatic carbocycles. The van der Waals surface area contributed by atoms with Crippen molar-refractivity contribution in [1.82, 2.24) is 0 Å². The number of hydrogen-bond acceptors (Lipinski definition) is 3. The first kappa shape index (κ1) is 7.58. The number of nitrogens with zero attached hydrogens (tertiary/aromatic N) is 2. The highest BCUT2D eigenvalue weighted by Gasteiger charge is 2.15. The van der Waals surface area contributed by atoms with Crippen LogP contribution in [-0.2, 0) is 0 Å². The number of hydroxylamine groups is 1. The molecule has 1 N–H and O–H groups in total. The highest BCUT2D eigenvalue weighted by Crippen LogP contribution is 2.30. The van der Waals surface area contributed by atoms with Gasteiger partial charge in [-0.3, -0.25) is 5.21 Å². The van der Waals surface area contributed by atoms with Crippen molar-refractivity contribution >= 4 is 28.1 Å². The van der Waals surface area contributed by atoms with Gasteiger partial charge in [-0.1, -0.05) is 23.7 Å². The van der Waals surface area contributed by atoms with Crippen LogP contribution in [0.25, 0.3) is 0 Å². The fourth-order valence-electron chi connectivity index (χ4n) is 1.15. The van der Waals surface area contributed by atoms with E-state index in [9.17, 15) is 5.21 Å². The van der Waals surface area contributed by atoms with Crippen LogP contribution in [0.1, 0.15) is 0 Å². The average Bonchev–Trinajstić information content (AvgIpc) is 2.04. The van der Waals surface area contributed by atoms with Crippen molar-refractivity contribution in [2.45, 2.75) is 0 Å². The smallest absolute Gasteiger partial charge is 0.128 e. The van der Waals surface area contributed by atoms with Crippen LogP contribution in [0.4, 0.5) is 11.4 Å². The largest absolute Gasteiger partial charge is 0.288 e. The first-order valence-electron chi connectivity index (χ1n) is 3.56.